The second-order valence-electron chi connectivity index (χ2n) is 8.47. The molecule has 2 heterocycles. The van der Waals surface area contributed by atoms with Crippen molar-refractivity contribution in [1.82, 2.24) is 20.3 Å². The van der Waals surface area contributed by atoms with Crippen molar-refractivity contribution in [2.24, 2.45) is 0 Å². The molecule has 198 valence electrons. The van der Waals surface area contributed by atoms with Gasteiger partial charge in [-0.25, -0.2) is 4.98 Å². The highest BCUT2D eigenvalue weighted by Crippen LogP contribution is 2.18. The Kier molecular flexibility index (Phi) is 10.9. The zero-order valence-corrected chi connectivity index (χ0v) is 21.5. The van der Waals surface area contributed by atoms with E-state index in [4.69, 9.17) is 0 Å². The first-order valence-electron chi connectivity index (χ1n) is 12.5. The molecule has 0 spiro atoms. The van der Waals surface area contributed by atoms with Gasteiger partial charge in [0.2, 0.25) is 11.9 Å². The maximum atomic E-state index is 13.1. The summed E-state index contributed by atoms with van der Waals surface area (Å²) in [7, 11) is 0. The molecule has 4 N–H and O–H groups in total. The number of para-hydroxylation sites is 1. The molecule has 0 radical (unpaired) electrons. The van der Waals surface area contributed by atoms with Crippen molar-refractivity contribution in [3.05, 3.63) is 84.3 Å². The third-order valence-corrected chi connectivity index (χ3v) is 5.58. The number of hydrogen-bond donors (Lipinski definition) is 4. The second kappa shape index (κ2) is 14.8. The summed E-state index contributed by atoms with van der Waals surface area (Å²) < 4.78 is 0. The Balaban J connectivity index is 1.63. The van der Waals surface area contributed by atoms with Crippen molar-refractivity contribution in [1.29, 1.82) is 0 Å². The molecule has 0 aliphatic heterocycles. The molecule has 2 amide bonds. The minimum absolute atomic E-state index is 0.0539. The summed E-state index contributed by atoms with van der Waals surface area (Å²) in [6.07, 6.45) is 8.01. The molecule has 0 aliphatic carbocycles. The highest BCUT2D eigenvalue weighted by molar-refractivity contribution is 5.99. The lowest BCUT2D eigenvalue weighted by molar-refractivity contribution is -0.120. The Morgan fingerprint density at radius 1 is 1.00 bits per heavy atom. The predicted molar refractivity (Wildman–Crippen MR) is 148 cm³/mol. The number of pyridine rings is 1. The van der Waals surface area contributed by atoms with Gasteiger partial charge in [-0.3, -0.25) is 19.4 Å². The summed E-state index contributed by atoms with van der Waals surface area (Å²) in [6.45, 7) is 6.90. The molecule has 0 fully saturated rings. The molecule has 2 aromatic heterocycles. The van der Waals surface area contributed by atoms with Gasteiger partial charge in [0.05, 0.1) is 0 Å². The summed E-state index contributed by atoms with van der Waals surface area (Å²) in [4.78, 5) is 49.6. The van der Waals surface area contributed by atoms with Crippen LogP contribution in [0, 0.1) is 0 Å². The third-order valence-electron chi connectivity index (χ3n) is 5.58. The smallest absolute Gasteiger partial charge is 0.256 e. The number of rotatable bonds is 15. The van der Waals surface area contributed by atoms with Crippen molar-refractivity contribution < 1.29 is 14.4 Å². The average molecular weight is 516 g/mol. The lowest BCUT2D eigenvalue weighted by atomic mass is 10.1. The molecular weight excluding hydrogens is 482 g/mol. The van der Waals surface area contributed by atoms with Crippen LogP contribution < -0.4 is 21.3 Å². The van der Waals surface area contributed by atoms with Gasteiger partial charge in [-0.15, -0.1) is 0 Å². The Hall–Kier alpha value is -4.60. The van der Waals surface area contributed by atoms with Crippen LogP contribution in [0.1, 0.15) is 47.7 Å². The largest absolute Gasteiger partial charge is 0.369 e. The number of anilines is 3. The Bertz CT molecular complexity index is 1250. The predicted octanol–water partition coefficient (Wildman–Crippen LogP) is 3.75. The molecule has 0 atom stereocenters. The van der Waals surface area contributed by atoms with E-state index in [-0.39, 0.29) is 37.0 Å². The van der Waals surface area contributed by atoms with E-state index >= 15 is 0 Å². The SMILES string of the molecule is C=CC(=O)CCC(=O)Nc1ccccc1CNC(=O)c1cnc(NCCc2ccncc2)nc1NCCC. The molecule has 38 heavy (non-hydrogen) atoms. The number of nitrogens with one attached hydrogen (secondary N) is 4. The summed E-state index contributed by atoms with van der Waals surface area (Å²) in [6, 6.07) is 11.1. The average Bonchev–Trinajstić information content (AvgIpc) is 2.94. The van der Waals surface area contributed by atoms with Gasteiger partial charge in [-0.05, 0) is 48.2 Å². The van der Waals surface area contributed by atoms with Crippen LogP contribution in [0.3, 0.4) is 0 Å². The molecule has 0 saturated heterocycles. The van der Waals surface area contributed by atoms with Crippen LogP contribution in [0.4, 0.5) is 17.5 Å². The first-order chi connectivity index (χ1) is 18.5. The topological polar surface area (TPSA) is 138 Å². The minimum Gasteiger partial charge on any atom is -0.369 e. The summed E-state index contributed by atoms with van der Waals surface area (Å²) in [5.41, 5.74) is 2.76. The number of carbonyl (C=O) groups is 3. The fourth-order valence-electron chi connectivity index (χ4n) is 3.50. The van der Waals surface area contributed by atoms with Crippen molar-refractivity contribution in [2.45, 2.75) is 39.2 Å². The molecule has 3 aromatic rings. The monoisotopic (exact) mass is 515 g/mol. The van der Waals surface area contributed by atoms with E-state index in [0.29, 0.717) is 36.1 Å². The highest BCUT2D eigenvalue weighted by atomic mass is 16.2. The van der Waals surface area contributed by atoms with E-state index in [0.717, 1.165) is 24.0 Å². The molecule has 0 bridgehead atoms. The van der Waals surface area contributed by atoms with Crippen LogP contribution in [-0.4, -0.2) is 45.6 Å². The molecule has 0 unspecified atom stereocenters. The van der Waals surface area contributed by atoms with Crippen molar-refractivity contribution in [3.8, 4) is 0 Å². The van der Waals surface area contributed by atoms with Crippen LogP contribution >= 0.6 is 0 Å². The molecule has 10 nitrogen and oxygen atoms in total. The van der Waals surface area contributed by atoms with Crippen LogP contribution in [-0.2, 0) is 22.6 Å². The quantitative estimate of drug-likeness (QED) is 0.225. The molecule has 3 rings (SSSR count). The number of aromatic nitrogens is 3. The summed E-state index contributed by atoms with van der Waals surface area (Å²) in [5, 5.41) is 12.1. The first-order valence-corrected chi connectivity index (χ1v) is 12.5. The minimum atomic E-state index is -0.343. The van der Waals surface area contributed by atoms with Crippen LogP contribution in [0.25, 0.3) is 0 Å². The van der Waals surface area contributed by atoms with E-state index < -0.39 is 0 Å². The van der Waals surface area contributed by atoms with Crippen molar-refractivity contribution in [3.63, 3.8) is 0 Å². The Morgan fingerprint density at radius 2 is 1.79 bits per heavy atom. The number of nitrogens with zero attached hydrogens (tertiary/aromatic N) is 3. The zero-order chi connectivity index (χ0) is 27.2. The first kappa shape index (κ1) is 28.0. The van der Waals surface area contributed by atoms with E-state index in [1.54, 1.807) is 24.5 Å². The lowest BCUT2D eigenvalue weighted by Crippen LogP contribution is -2.26. The van der Waals surface area contributed by atoms with Gasteiger partial charge in [-0.2, -0.15) is 4.98 Å². The van der Waals surface area contributed by atoms with Gasteiger partial charge >= 0.3 is 0 Å². The van der Waals surface area contributed by atoms with Crippen LogP contribution in [0.2, 0.25) is 0 Å². The second-order valence-corrected chi connectivity index (χ2v) is 8.47. The maximum absolute atomic E-state index is 13.1. The number of carbonyl (C=O) groups excluding carboxylic acids is 3. The number of ketones is 1. The number of amides is 2. The van der Waals surface area contributed by atoms with Crippen molar-refractivity contribution >= 4 is 35.1 Å². The zero-order valence-electron chi connectivity index (χ0n) is 21.5. The third kappa shape index (κ3) is 8.81. The van der Waals surface area contributed by atoms with Gasteiger partial charge in [0.15, 0.2) is 5.78 Å². The fourth-order valence-corrected chi connectivity index (χ4v) is 3.50. The van der Waals surface area contributed by atoms with E-state index in [1.165, 1.54) is 12.3 Å². The summed E-state index contributed by atoms with van der Waals surface area (Å²) in [5.74, 6) is 0.0527. The van der Waals surface area contributed by atoms with Crippen LogP contribution in [0.15, 0.2) is 67.6 Å². The molecular formula is C28H33N7O3. The number of allylic oxidation sites excluding steroid dienone is 1. The lowest BCUT2D eigenvalue weighted by Gasteiger charge is -2.14. The van der Waals surface area contributed by atoms with Gasteiger partial charge in [0.25, 0.3) is 5.91 Å². The molecule has 10 heteroatoms. The van der Waals surface area contributed by atoms with E-state index in [2.05, 4.69) is 42.8 Å². The van der Waals surface area contributed by atoms with E-state index in [1.807, 2.05) is 31.2 Å². The normalized spacial score (nSPS) is 10.3. The van der Waals surface area contributed by atoms with Crippen LogP contribution in [0.5, 0.6) is 0 Å². The van der Waals surface area contributed by atoms with Crippen molar-refractivity contribution in [2.75, 3.05) is 29.0 Å². The van der Waals surface area contributed by atoms with Gasteiger partial charge in [0.1, 0.15) is 11.4 Å². The standard InChI is InChI=1S/C28H33N7O3/c1-3-14-30-26-23(19-33-28(35-26)31-17-13-20-11-15-29-16-12-20)27(38)32-18-21-7-5-6-8-24(21)34-25(37)10-9-22(36)4-2/h4-8,11-12,15-16,19H,2-3,9-10,13-14,17-18H2,1H3,(H,32,38)(H,34,37)(H2,30,31,33,35). The molecule has 0 aliphatic rings. The molecule has 0 saturated carbocycles. The maximum Gasteiger partial charge on any atom is 0.256 e. The van der Waals surface area contributed by atoms with E-state index in [9.17, 15) is 14.4 Å². The fraction of sp³-hybridized carbons (Fsp3) is 0.286. The molecule has 1 aromatic carbocycles. The van der Waals surface area contributed by atoms with Gasteiger partial charge in [-0.1, -0.05) is 31.7 Å². The van der Waals surface area contributed by atoms with Gasteiger partial charge < -0.3 is 21.3 Å². The highest BCUT2D eigenvalue weighted by Gasteiger charge is 2.16. The van der Waals surface area contributed by atoms with Gasteiger partial charge in [0, 0.05) is 56.8 Å². The Labute approximate surface area is 222 Å². The number of hydrogen-bond acceptors (Lipinski definition) is 8. The Morgan fingerprint density at radius 3 is 2.55 bits per heavy atom. The summed E-state index contributed by atoms with van der Waals surface area (Å²) >= 11 is 0. The number of benzene rings is 1.